The van der Waals surface area contributed by atoms with Crippen LogP contribution in [0.1, 0.15) is 19.4 Å². The average molecular weight is 192 g/mol. The molecule has 0 fully saturated rings. The summed E-state index contributed by atoms with van der Waals surface area (Å²) in [6, 6.07) is 0.535. The van der Waals surface area contributed by atoms with E-state index < -0.39 is 23.2 Å². The molecule has 74 valence electrons. The minimum Gasteiger partial charge on any atom is -0.507 e. The first kappa shape index (κ1) is 11.8. The van der Waals surface area contributed by atoms with Gasteiger partial charge in [0.15, 0.2) is 17.5 Å². The monoisotopic (exact) mass is 192 g/mol. The fourth-order valence-corrected chi connectivity index (χ4v) is 0.674. The highest BCUT2D eigenvalue weighted by Gasteiger charge is 2.14. The zero-order valence-electron chi connectivity index (χ0n) is 7.66. The second-order valence-electron chi connectivity index (χ2n) is 2.13. The standard InChI is InChI=1S/C7H5F3O.C2H6/c1-3-5(11)2-4(8)7(10)6(3)9;1-2/h2,11H,1H3;1-2H3. The van der Waals surface area contributed by atoms with Gasteiger partial charge in [0, 0.05) is 11.6 Å². The van der Waals surface area contributed by atoms with Crippen molar-refractivity contribution in [2.75, 3.05) is 0 Å². The summed E-state index contributed by atoms with van der Waals surface area (Å²) in [5.74, 6) is -4.87. The van der Waals surface area contributed by atoms with Gasteiger partial charge < -0.3 is 5.11 Å². The molecule has 1 N–H and O–H groups in total. The van der Waals surface area contributed by atoms with E-state index >= 15 is 0 Å². The van der Waals surface area contributed by atoms with Crippen LogP contribution >= 0.6 is 0 Å². The molecule has 0 radical (unpaired) electrons. The van der Waals surface area contributed by atoms with Crippen molar-refractivity contribution in [2.45, 2.75) is 20.8 Å². The van der Waals surface area contributed by atoms with Crippen molar-refractivity contribution in [3.63, 3.8) is 0 Å². The summed E-state index contributed by atoms with van der Waals surface area (Å²) in [4.78, 5) is 0. The summed E-state index contributed by atoms with van der Waals surface area (Å²) in [7, 11) is 0. The van der Waals surface area contributed by atoms with Crippen LogP contribution in [0.5, 0.6) is 5.75 Å². The summed E-state index contributed by atoms with van der Waals surface area (Å²) >= 11 is 0. The van der Waals surface area contributed by atoms with Crippen LogP contribution in [0.15, 0.2) is 6.07 Å². The molecule has 1 aromatic carbocycles. The van der Waals surface area contributed by atoms with Crippen LogP contribution in [-0.4, -0.2) is 5.11 Å². The lowest BCUT2D eigenvalue weighted by Crippen LogP contribution is -1.93. The van der Waals surface area contributed by atoms with Crippen molar-refractivity contribution in [3.8, 4) is 5.75 Å². The molecule has 0 aromatic heterocycles. The number of aromatic hydroxyl groups is 1. The minimum absolute atomic E-state index is 0.288. The predicted octanol–water partition coefficient (Wildman–Crippen LogP) is 3.14. The van der Waals surface area contributed by atoms with Crippen molar-refractivity contribution < 1.29 is 18.3 Å². The summed E-state index contributed by atoms with van der Waals surface area (Å²) < 4.78 is 37.0. The highest BCUT2D eigenvalue weighted by atomic mass is 19.2. The minimum atomic E-state index is -1.56. The van der Waals surface area contributed by atoms with E-state index in [0.717, 1.165) is 6.92 Å². The van der Waals surface area contributed by atoms with Crippen LogP contribution in [-0.2, 0) is 0 Å². The van der Waals surface area contributed by atoms with Gasteiger partial charge in [-0.2, -0.15) is 0 Å². The maximum Gasteiger partial charge on any atom is 0.194 e. The highest BCUT2D eigenvalue weighted by Crippen LogP contribution is 2.23. The van der Waals surface area contributed by atoms with E-state index in [0.29, 0.717) is 6.07 Å². The molecule has 4 heteroatoms. The maximum atomic E-state index is 12.5. The Bertz CT molecular complexity index is 271. The molecule has 0 spiro atoms. The molecule has 0 bridgehead atoms. The molecule has 0 amide bonds. The maximum absolute atomic E-state index is 12.5. The Hall–Kier alpha value is -1.19. The molecule has 1 nitrogen and oxygen atoms in total. The zero-order valence-corrected chi connectivity index (χ0v) is 7.66. The molecule has 1 aromatic rings. The van der Waals surface area contributed by atoms with Gasteiger partial charge in [-0.05, 0) is 6.92 Å². The first-order valence-corrected chi connectivity index (χ1v) is 3.87. The molecule has 0 saturated heterocycles. The Morgan fingerprint density at radius 2 is 1.54 bits per heavy atom. The Morgan fingerprint density at radius 1 is 1.08 bits per heavy atom. The lowest BCUT2D eigenvalue weighted by Gasteiger charge is -2.01. The predicted molar refractivity (Wildman–Crippen MR) is 44.1 cm³/mol. The third kappa shape index (κ3) is 2.37. The Balaban J connectivity index is 0.000000671. The van der Waals surface area contributed by atoms with E-state index in [1.807, 2.05) is 13.8 Å². The first-order chi connectivity index (χ1) is 6.04. The van der Waals surface area contributed by atoms with Gasteiger partial charge in [-0.3, -0.25) is 0 Å². The molecule has 0 aliphatic heterocycles. The summed E-state index contributed by atoms with van der Waals surface area (Å²) in [6.07, 6.45) is 0. The number of benzene rings is 1. The van der Waals surface area contributed by atoms with Crippen molar-refractivity contribution in [3.05, 3.63) is 29.1 Å². The molecule has 0 aliphatic rings. The van der Waals surface area contributed by atoms with Crippen molar-refractivity contribution in [1.29, 1.82) is 0 Å². The second kappa shape index (κ2) is 4.74. The fourth-order valence-electron chi connectivity index (χ4n) is 0.674. The van der Waals surface area contributed by atoms with Gasteiger partial charge in [0.05, 0.1) is 0 Å². The molecule has 13 heavy (non-hydrogen) atoms. The van der Waals surface area contributed by atoms with Gasteiger partial charge in [0.2, 0.25) is 0 Å². The number of phenols is 1. The van der Waals surface area contributed by atoms with E-state index in [-0.39, 0.29) is 5.56 Å². The van der Waals surface area contributed by atoms with Gasteiger partial charge >= 0.3 is 0 Å². The quantitative estimate of drug-likeness (QED) is 0.626. The summed E-state index contributed by atoms with van der Waals surface area (Å²) in [5.41, 5.74) is -0.288. The fraction of sp³-hybridized carbons (Fsp3) is 0.333. The van der Waals surface area contributed by atoms with Crippen LogP contribution in [0.2, 0.25) is 0 Å². The molecule has 0 atom stereocenters. The Morgan fingerprint density at radius 3 is 2.00 bits per heavy atom. The Kier molecular flexibility index (Phi) is 4.31. The zero-order chi connectivity index (χ0) is 10.6. The van der Waals surface area contributed by atoms with Gasteiger partial charge in [0.1, 0.15) is 5.75 Å². The summed E-state index contributed by atoms with van der Waals surface area (Å²) in [6.45, 7) is 5.16. The normalized spacial score (nSPS) is 9.08. The van der Waals surface area contributed by atoms with Gasteiger partial charge in [-0.1, -0.05) is 13.8 Å². The molecular formula is C9H11F3O. The van der Waals surface area contributed by atoms with Gasteiger partial charge in [0.25, 0.3) is 0 Å². The number of phenolic OH excluding ortho intramolecular Hbond substituents is 1. The van der Waals surface area contributed by atoms with E-state index in [2.05, 4.69) is 0 Å². The van der Waals surface area contributed by atoms with Crippen LogP contribution < -0.4 is 0 Å². The van der Waals surface area contributed by atoms with E-state index in [1.54, 1.807) is 0 Å². The first-order valence-electron chi connectivity index (χ1n) is 3.87. The molecule has 0 aliphatic carbocycles. The van der Waals surface area contributed by atoms with Crippen molar-refractivity contribution in [1.82, 2.24) is 0 Å². The SMILES string of the molecule is CC.Cc1c(O)cc(F)c(F)c1F. The average Bonchev–Trinajstić information content (AvgIpc) is 2.15. The van der Waals surface area contributed by atoms with Crippen LogP contribution in [0.4, 0.5) is 13.2 Å². The molecular weight excluding hydrogens is 181 g/mol. The van der Waals surface area contributed by atoms with Crippen LogP contribution in [0.25, 0.3) is 0 Å². The largest absolute Gasteiger partial charge is 0.507 e. The van der Waals surface area contributed by atoms with Crippen molar-refractivity contribution in [2.24, 2.45) is 0 Å². The third-order valence-electron chi connectivity index (χ3n) is 1.38. The Labute approximate surface area is 74.8 Å². The summed E-state index contributed by atoms with van der Waals surface area (Å²) in [5, 5.41) is 8.76. The van der Waals surface area contributed by atoms with Gasteiger partial charge in [-0.25, -0.2) is 13.2 Å². The number of hydrogen-bond acceptors (Lipinski definition) is 1. The van der Waals surface area contributed by atoms with Crippen molar-refractivity contribution >= 4 is 0 Å². The number of rotatable bonds is 0. The molecule has 1 rings (SSSR count). The molecule has 0 unspecified atom stereocenters. The lowest BCUT2D eigenvalue weighted by atomic mass is 10.2. The van der Waals surface area contributed by atoms with E-state index in [9.17, 15) is 13.2 Å². The van der Waals surface area contributed by atoms with E-state index in [4.69, 9.17) is 5.11 Å². The molecule has 0 saturated carbocycles. The van der Waals surface area contributed by atoms with Crippen LogP contribution in [0, 0.1) is 24.4 Å². The number of hydrogen-bond donors (Lipinski definition) is 1. The smallest absolute Gasteiger partial charge is 0.194 e. The second-order valence-corrected chi connectivity index (χ2v) is 2.13. The topological polar surface area (TPSA) is 20.2 Å². The van der Waals surface area contributed by atoms with Crippen LogP contribution in [0.3, 0.4) is 0 Å². The number of halogens is 3. The molecule has 0 heterocycles. The lowest BCUT2D eigenvalue weighted by molar-refractivity contribution is 0.413. The van der Waals surface area contributed by atoms with Gasteiger partial charge in [-0.15, -0.1) is 0 Å². The van der Waals surface area contributed by atoms with E-state index in [1.165, 1.54) is 0 Å². The highest BCUT2D eigenvalue weighted by molar-refractivity contribution is 5.33. The third-order valence-corrected chi connectivity index (χ3v) is 1.38.